The summed E-state index contributed by atoms with van der Waals surface area (Å²) in [6.07, 6.45) is 17.7. The third kappa shape index (κ3) is 18.4. The van der Waals surface area contributed by atoms with Crippen LogP contribution < -0.4 is 0 Å². The van der Waals surface area contributed by atoms with Gasteiger partial charge in [-0.2, -0.15) is 0 Å². The minimum atomic E-state index is -1.64. The van der Waals surface area contributed by atoms with Gasteiger partial charge in [0.2, 0.25) is 0 Å². The highest BCUT2D eigenvalue weighted by Gasteiger charge is 2.05. The van der Waals surface area contributed by atoms with Crippen molar-refractivity contribution >= 4 is 8.60 Å². The molecule has 0 saturated heterocycles. The van der Waals surface area contributed by atoms with Gasteiger partial charge < -0.3 is 13.9 Å². The molecule has 0 aliphatic rings. The largest absolute Gasteiger partial charge is 0.329 e. The highest BCUT2D eigenvalue weighted by Crippen LogP contribution is 2.33. The van der Waals surface area contributed by atoms with E-state index in [1.54, 1.807) is 0 Å². The van der Waals surface area contributed by atoms with Gasteiger partial charge in [0.1, 0.15) is 0 Å². The van der Waals surface area contributed by atoms with Gasteiger partial charge in [-0.3, -0.25) is 0 Å². The fourth-order valence-corrected chi connectivity index (χ4v) is 3.09. The number of hydrogen-bond acceptors (Lipinski definition) is 3. The Balaban J connectivity index is 3.11. The van der Waals surface area contributed by atoms with Crippen LogP contribution >= 0.6 is 8.60 Å². The van der Waals surface area contributed by atoms with E-state index in [0.29, 0.717) is 13.2 Å². The van der Waals surface area contributed by atoms with Crippen molar-refractivity contribution in [2.45, 2.75) is 104 Å². The third-order valence-corrected chi connectivity index (χ3v) is 4.71. The minimum Gasteiger partial charge on any atom is -0.328 e. The van der Waals surface area contributed by atoms with Crippen LogP contribution in [0.25, 0.3) is 0 Å². The molecule has 0 rings (SSSR count). The Morgan fingerprint density at radius 1 is 0.545 bits per heavy atom. The topological polar surface area (TPSA) is 38.7 Å². The van der Waals surface area contributed by atoms with Crippen molar-refractivity contribution in [3.8, 4) is 0 Å². The lowest BCUT2D eigenvalue weighted by atomic mass is 10.1. The first-order valence-electron chi connectivity index (χ1n) is 9.56. The number of hydrogen-bond donors (Lipinski definition) is 1. The summed E-state index contributed by atoms with van der Waals surface area (Å²) in [5.41, 5.74) is 0. The van der Waals surface area contributed by atoms with Crippen LogP contribution in [-0.4, -0.2) is 18.1 Å². The second kappa shape index (κ2) is 19.4. The van der Waals surface area contributed by atoms with Gasteiger partial charge in [-0.1, -0.05) is 90.9 Å². The van der Waals surface area contributed by atoms with Crippen molar-refractivity contribution in [3.05, 3.63) is 0 Å². The predicted octanol–water partition coefficient (Wildman–Crippen LogP) is 6.74. The molecule has 22 heavy (non-hydrogen) atoms. The van der Waals surface area contributed by atoms with E-state index in [2.05, 4.69) is 13.8 Å². The zero-order valence-electron chi connectivity index (χ0n) is 15.0. The molecule has 3 nitrogen and oxygen atoms in total. The fraction of sp³-hybridized carbons (Fsp3) is 1.00. The molecule has 4 heteroatoms. The summed E-state index contributed by atoms with van der Waals surface area (Å²) < 4.78 is 10.7. The van der Waals surface area contributed by atoms with Crippen molar-refractivity contribution in [2.75, 3.05) is 13.2 Å². The van der Waals surface area contributed by atoms with Crippen molar-refractivity contribution < 1.29 is 13.9 Å². The fourth-order valence-electron chi connectivity index (χ4n) is 2.44. The van der Waals surface area contributed by atoms with Crippen molar-refractivity contribution in [1.82, 2.24) is 0 Å². The summed E-state index contributed by atoms with van der Waals surface area (Å²) in [7, 11) is -1.64. The second-order valence-electron chi connectivity index (χ2n) is 6.15. The Morgan fingerprint density at radius 2 is 0.864 bits per heavy atom. The summed E-state index contributed by atoms with van der Waals surface area (Å²) in [6.45, 7) is 5.74. The lowest BCUT2D eigenvalue weighted by molar-refractivity contribution is 0.193. The van der Waals surface area contributed by atoms with Gasteiger partial charge in [0.05, 0.1) is 13.2 Å². The summed E-state index contributed by atoms with van der Waals surface area (Å²) >= 11 is 0. The lowest BCUT2D eigenvalue weighted by Crippen LogP contribution is -1.95. The third-order valence-electron chi connectivity index (χ3n) is 3.90. The van der Waals surface area contributed by atoms with E-state index >= 15 is 0 Å². The highest BCUT2D eigenvalue weighted by atomic mass is 31.2. The van der Waals surface area contributed by atoms with Crippen LogP contribution in [0.5, 0.6) is 0 Å². The van der Waals surface area contributed by atoms with Gasteiger partial charge in [0.25, 0.3) is 0 Å². The van der Waals surface area contributed by atoms with Crippen LogP contribution in [0.1, 0.15) is 104 Å². The van der Waals surface area contributed by atoms with Crippen molar-refractivity contribution in [1.29, 1.82) is 0 Å². The Bertz CT molecular complexity index is 183. The summed E-state index contributed by atoms with van der Waals surface area (Å²) in [6, 6.07) is 0. The molecule has 0 radical (unpaired) electrons. The maximum atomic E-state index is 9.61. The molecule has 134 valence electrons. The van der Waals surface area contributed by atoms with Gasteiger partial charge in [0, 0.05) is 0 Å². The highest BCUT2D eigenvalue weighted by molar-refractivity contribution is 7.40. The number of rotatable bonds is 18. The molecule has 0 aliphatic heterocycles. The quantitative estimate of drug-likeness (QED) is 0.223. The summed E-state index contributed by atoms with van der Waals surface area (Å²) in [4.78, 5) is 9.61. The number of unbranched alkanes of at least 4 members (excludes halogenated alkanes) is 12. The van der Waals surface area contributed by atoms with Gasteiger partial charge in [-0.25, -0.2) is 0 Å². The zero-order valence-corrected chi connectivity index (χ0v) is 15.9. The monoisotopic (exact) mass is 334 g/mol. The average Bonchev–Trinajstić information content (AvgIpc) is 2.52. The molecule has 0 aromatic rings. The van der Waals surface area contributed by atoms with Crippen LogP contribution in [0.4, 0.5) is 0 Å². The van der Waals surface area contributed by atoms with E-state index < -0.39 is 8.60 Å². The van der Waals surface area contributed by atoms with Crippen LogP contribution in [0.15, 0.2) is 0 Å². The standard InChI is InChI=1S/C18H39O3P/c1-3-5-7-9-11-13-15-17-20-22(19)21-18-16-14-12-10-8-6-4-2/h19H,3-18H2,1-2H3. The Morgan fingerprint density at radius 3 is 1.23 bits per heavy atom. The normalized spacial score (nSPS) is 11.5. The molecule has 0 spiro atoms. The maximum absolute atomic E-state index is 9.61. The molecule has 0 unspecified atom stereocenters. The molecule has 0 aromatic carbocycles. The zero-order chi connectivity index (χ0) is 16.3. The van der Waals surface area contributed by atoms with Gasteiger partial charge in [-0.05, 0) is 12.8 Å². The molecule has 0 amide bonds. The van der Waals surface area contributed by atoms with Crippen molar-refractivity contribution in [2.24, 2.45) is 0 Å². The molecule has 0 atom stereocenters. The van der Waals surface area contributed by atoms with Gasteiger partial charge in [0.15, 0.2) is 0 Å². The first-order chi connectivity index (χ1) is 10.8. The van der Waals surface area contributed by atoms with Crippen molar-refractivity contribution in [3.63, 3.8) is 0 Å². The van der Waals surface area contributed by atoms with E-state index in [0.717, 1.165) is 12.8 Å². The smallest absolute Gasteiger partial charge is 0.328 e. The molecule has 1 N–H and O–H groups in total. The maximum Gasteiger partial charge on any atom is 0.329 e. The van der Waals surface area contributed by atoms with E-state index in [9.17, 15) is 4.89 Å². The van der Waals surface area contributed by atoms with E-state index in [-0.39, 0.29) is 0 Å². The molecule has 0 bridgehead atoms. The van der Waals surface area contributed by atoms with E-state index in [1.165, 1.54) is 77.0 Å². The second-order valence-corrected chi connectivity index (χ2v) is 7.14. The molecule has 0 saturated carbocycles. The SMILES string of the molecule is CCCCCCCCCOP(O)OCCCCCCCCC. The molecular formula is C18H39O3P. The molecular weight excluding hydrogens is 295 g/mol. The first-order valence-corrected chi connectivity index (χ1v) is 10.7. The van der Waals surface area contributed by atoms with Gasteiger partial charge in [-0.15, -0.1) is 0 Å². The summed E-state index contributed by atoms with van der Waals surface area (Å²) in [5, 5.41) is 0. The Hall–Kier alpha value is 0.310. The Labute approximate surface area is 140 Å². The van der Waals surface area contributed by atoms with Crippen LogP contribution in [-0.2, 0) is 9.05 Å². The predicted molar refractivity (Wildman–Crippen MR) is 97.0 cm³/mol. The summed E-state index contributed by atoms with van der Waals surface area (Å²) in [5.74, 6) is 0. The van der Waals surface area contributed by atoms with Crippen LogP contribution in [0, 0.1) is 0 Å². The van der Waals surface area contributed by atoms with Crippen LogP contribution in [0.3, 0.4) is 0 Å². The minimum absolute atomic E-state index is 0.632. The lowest BCUT2D eigenvalue weighted by Gasteiger charge is -2.10. The Kier molecular flexibility index (Phi) is 19.6. The molecule has 0 aliphatic carbocycles. The first kappa shape index (κ1) is 22.3. The van der Waals surface area contributed by atoms with E-state index in [1.807, 2.05) is 0 Å². The van der Waals surface area contributed by atoms with Crippen LogP contribution in [0.2, 0.25) is 0 Å². The molecule has 0 aromatic heterocycles. The molecule has 0 fully saturated rings. The average molecular weight is 334 g/mol. The van der Waals surface area contributed by atoms with Gasteiger partial charge >= 0.3 is 8.60 Å². The van der Waals surface area contributed by atoms with E-state index in [4.69, 9.17) is 9.05 Å². The molecule has 0 heterocycles.